The minimum atomic E-state index is 0.523. The van der Waals surface area contributed by atoms with Crippen LogP contribution in [0.4, 0.5) is 5.82 Å². The topological polar surface area (TPSA) is 86.6 Å². The molecule has 0 atom stereocenters. The normalized spacial score (nSPS) is 10.9. The van der Waals surface area contributed by atoms with Gasteiger partial charge in [-0.3, -0.25) is 0 Å². The second-order valence-corrected chi connectivity index (χ2v) is 5.44. The van der Waals surface area contributed by atoms with Gasteiger partial charge in [-0.25, -0.2) is 19.6 Å². The van der Waals surface area contributed by atoms with Gasteiger partial charge in [0.15, 0.2) is 17.4 Å². The molecule has 4 aromatic heterocycles. The second kappa shape index (κ2) is 7.00. The third-order valence-electron chi connectivity index (χ3n) is 3.65. The highest BCUT2D eigenvalue weighted by atomic mass is 16.3. The average Bonchev–Trinajstić information content (AvgIpc) is 3.42. The first-order valence-corrected chi connectivity index (χ1v) is 8.01. The highest BCUT2D eigenvalue weighted by molar-refractivity contribution is 5.53. The number of imidazole rings is 1. The van der Waals surface area contributed by atoms with Crippen LogP contribution in [0.15, 0.2) is 66.1 Å². The quantitative estimate of drug-likeness (QED) is 0.523. The number of furan rings is 1. The molecule has 0 radical (unpaired) electrons. The maximum Gasteiger partial charge on any atom is 0.199 e. The molecule has 0 spiro atoms. The van der Waals surface area contributed by atoms with Crippen molar-refractivity contribution >= 4 is 5.82 Å². The van der Waals surface area contributed by atoms with E-state index in [9.17, 15) is 0 Å². The van der Waals surface area contributed by atoms with E-state index < -0.39 is 0 Å². The lowest BCUT2D eigenvalue weighted by Gasteiger charge is -2.09. The Labute approximate surface area is 144 Å². The van der Waals surface area contributed by atoms with Crippen molar-refractivity contribution in [2.45, 2.75) is 13.0 Å². The van der Waals surface area contributed by atoms with Crippen LogP contribution in [0.5, 0.6) is 0 Å². The fourth-order valence-corrected chi connectivity index (χ4v) is 2.46. The molecule has 4 heterocycles. The predicted molar refractivity (Wildman–Crippen MR) is 92.2 cm³/mol. The molecule has 0 saturated heterocycles. The lowest BCUT2D eigenvalue weighted by Crippen LogP contribution is -2.09. The highest BCUT2D eigenvalue weighted by Gasteiger charge is 2.10. The Balaban J connectivity index is 1.52. The molecule has 126 valence electrons. The third-order valence-corrected chi connectivity index (χ3v) is 3.65. The van der Waals surface area contributed by atoms with Gasteiger partial charge in [0.1, 0.15) is 5.82 Å². The van der Waals surface area contributed by atoms with E-state index in [-0.39, 0.29) is 0 Å². The van der Waals surface area contributed by atoms with Crippen LogP contribution in [0.1, 0.15) is 6.42 Å². The third kappa shape index (κ3) is 3.57. The lowest BCUT2D eigenvalue weighted by molar-refractivity contribution is 0.576. The molecule has 0 aliphatic heterocycles. The summed E-state index contributed by atoms with van der Waals surface area (Å²) >= 11 is 0. The first kappa shape index (κ1) is 15.1. The Morgan fingerprint density at radius 2 is 2.12 bits per heavy atom. The molecule has 8 heteroatoms. The lowest BCUT2D eigenvalue weighted by atomic mass is 10.3. The van der Waals surface area contributed by atoms with E-state index in [1.54, 1.807) is 23.3 Å². The summed E-state index contributed by atoms with van der Waals surface area (Å²) in [5, 5.41) is 7.58. The molecule has 8 nitrogen and oxygen atoms in total. The number of hydrogen-bond donors (Lipinski definition) is 1. The van der Waals surface area contributed by atoms with Crippen LogP contribution >= 0.6 is 0 Å². The van der Waals surface area contributed by atoms with Crippen molar-refractivity contribution < 1.29 is 4.42 Å². The molecular formula is C17H17N7O. The molecule has 4 aromatic rings. The molecule has 0 saturated carbocycles. The van der Waals surface area contributed by atoms with E-state index in [2.05, 4.69) is 25.4 Å². The number of aryl methyl sites for hydroxylation is 1. The van der Waals surface area contributed by atoms with E-state index in [1.165, 1.54) is 0 Å². The maximum atomic E-state index is 5.43. The number of aromatic nitrogens is 6. The van der Waals surface area contributed by atoms with Crippen LogP contribution in [0.2, 0.25) is 0 Å². The van der Waals surface area contributed by atoms with Crippen molar-refractivity contribution in [2.75, 3.05) is 11.9 Å². The van der Waals surface area contributed by atoms with Gasteiger partial charge in [-0.05, 0) is 24.6 Å². The van der Waals surface area contributed by atoms with Gasteiger partial charge in [0.2, 0.25) is 0 Å². The van der Waals surface area contributed by atoms with Crippen molar-refractivity contribution in [1.29, 1.82) is 0 Å². The van der Waals surface area contributed by atoms with Crippen molar-refractivity contribution in [3.05, 3.63) is 61.6 Å². The minimum absolute atomic E-state index is 0.523. The Morgan fingerprint density at radius 1 is 1.12 bits per heavy atom. The molecule has 0 aliphatic carbocycles. The van der Waals surface area contributed by atoms with Crippen LogP contribution in [-0.4, -0.2) is 35.8 Å². The van der Waals surface area contributed by atoms with E-state index in [1.807, 2.05) is 47.6 Å². The van der Waals surface area contributed by atoms with Gasteiger partial charge in [-0.1, -0.05) is 0 Å². The van der Waals surface area contributed by atoms with Gasteiger partial charge in [0, 0.05) is 43.9 Å². The summed E-state index contributed by atoms with van der Waals surface area (Å²) < 4.78 is 9.17. The summed E-state index contributed by atoms with van der Waals surface area (Å²) in [6, 6.07) is 7.38. The molecule has 0 amide bonds. The largest absolute Gasteiger partial charge is 0.461 e. The number of anilines is 1. The van der Waals surface area contributed by atoms with Gasteiger partial charge >= 0.3 is 0 Å². The van der Waals surface area contributed by atoms with E-state index in [0.29, 0.717) is 17.4 Å². The molecule has 4 rings (SSSR count). The second-order valence-electron chi connectivity index (χ2n) is 5.44. The van der Waals surface area contributed by atoms with Crippen LogP contribution in [0, 0.1) is 0 Å². The van der Waals surface area contributed by atoms with Crippen LogP contribution in [0.3, 0.4) is 0 Å². The molecule has 25 heavy (non-hydrogen) atoms. The van der Waals surface area contributed by atoms with Crippen molar-refractivity contribution in [3.63, 3.8) is 0 Å². The number of nitrogens with one attached hydrogen (secondary N) is 1. The number of hydrogen-bond acceptors (Lipinski definition) is 6. The Morgan fingerprint density at radius 3 is 2.88 bits per heavy atom. The highest BCUT2D eigenvalue weighted by Crippen LogP contribution is 2.20. The summed E-state index contributed by atoms with van der Waals surface area (Å²) in [6.45, 7) is 1.68. The van der Waals surface area contributed by atoms with Crippen LogP contribution < -0.4 is 5.32 Å². The smallest absolute Gasteiger partial charge is 0.199 e. The van der Waals surface area contributed by atoms with Gasteiger partial charge in [-0.2, -0.15) is 5.10 Å². The zero-order valence-electron chi connectivity index (χ0n) is 13.5. The monoisotopic (exact) mass is 335 g/mol. The van der Waals surface area contributed by atoms with Crippen molar-refractivity contribution in [2.24, 2.45) is 0 Å². The summed E-state index contributed by atoms with van der Waals surface area (Å²) in [6.07, 6.45) is 11.7. The van der Waals surface area contributed by atoms with Crippen LogP contribution in [0.25, 0.3) is 17.4 Å². The molecular weight excluding hydrogens is 318 g/mol. The molecule has 0 aliphatic rings. The molecule has 0 fully saturated rings. The van der Waals surface area contributed by atoms with Gasteiger partial charge < -0.3 is 14.3 Å². The summed E-state index contributed by atoms with van der Waals surface area (Å²) in [5.74, 6) is 2.56. The van der Waals surface area contributed by atoms with Gasteiger partial charge in [0.25, 0.3) is 0 Å². The van der Waals surface area contributed by atoms with Gasteiger partial charge in [-0.15, -0.1) is 0 Å². The number of nitrogens with zero attached hydrogens (tertiary/aromatic N) is 6. The Hall–Kier alpha value is -3.42. The molecule has 1 N–H and O–H groups in total. The summed E-state index contributed by atoms with van der Waals surface area (Å²) in [5.41, 5.74) is 0. The predicted octanol–water partition coefficient (Wildman–Crippen LogP) is 2.62. The molecule has 0 bridgehead atoms. The zero-order valence-corrected chi connectivity index (χ0v) is 13.5. The fourth-order valence-electron chi connectivity index (χ4n) is 2.46. The van der Waals surface area contributed by atoms with Crippen molar-refractivity contribution in [3.8, 4) is 17.4 Å². The average molecular weight is 335 g/mol. The van der Waals surface area contributed by atoms with E-state index in [4.69, 9.17) is 4.42 Å². The maximum absolute atomic E-state index is 5.43. The Kier molecular flexibility index (Phi) is 4.23. The first-order valence-electron chi connectivity index (χ1n) is 8.01. The zero-order chi connectivity index (χ0) is 16.9. The SMILES string of the molecule is c1coc(-c2nc(NCCCn3ccnc3)cc(-n3cccn3)n2)c1. The van der Waals surface area contributed by atoms with Gasteiger partial charge in [0.05, 0.1) is 12.6 Å². The van der Waals surface area contributed by atoms with E-state index >= 15 is 0 Å². The Bertz CT molecular complexity index is 846. The molecule has 0 unspecified atom stereocenters. The van der Waals surface area contributed by atoms with Crippen LogP contribution in [-0.2, 0) is 6.54 Å². The summed E-state index contributed by atoms with van der Waals surface area (Å²) in [7, 11) is 0. The van der Waals surface area contributed by atoms with E-state index in [0.717, 1.165) is 25.3 Å². The number of rotatable bonds is 7. The standard InChI is InChI=1S/C17H17N7O/c1-4-14(25-11-1)17-21-15(12-16(22-17)24-9-3-6-20-24)19-5-2-8-23-10-7-18-13-23/h1,3-4,6-7,9-13H,2,5,8H2,(H,19,21,22). The minimum Gasteiger partial charge on any atom is -0.461 e. The fraction of sp³-hybridized carbons (Fsp3) is 0.176. The molecule has 0 aromatic carbocycles. The van der Waals surface area contributed by atoms with Crippen molar-refractivity contribution in [1.82, 2.24) is 29.3 Å². The first-order chi connectivity index (χ1) is 12.4. The summed E-state index contributed by atoms with van der Waals surface area (Å²) in [4.78, 5) is 13.1.